The Hall–Kier alpha value is -1.48. The van der Waals surface area contributed by atoms with Gasteiger partial charge in [0.2, 0.25) is 5.88 Å². The van der Waals surface area contributed by atoms with Crippen molar-refractivity contribution in [3.05, 3.63) is 12.1 Å². The molecule has 9 heteroatoms. The Balaban J connectivity index is 2.03. The van der Waals surface area contributed by atoms with Gasteiger partial charge in [0.25, 0.3) is 0 Å². The quantitative estimate of drug-likeness (QED) is 0.665. The van der Waals surface area contributed by atoms with Gasteiger partial charge in [-0.05, 0) is 79.3 Å². The summed E-state index contributed by atoms with van der Waals surface area (Å²) in [6, 6.07) is 1.78. The van der Waals surface area contributed by atoms with Crippen molar-refractivity contribution in [2.24, 2.45) is 0 Å². The summed E-state index contributed by atoms with van der Waals surface area (Å²) >= 11 is 0. The normalized spacial score (nSPS) is 24.3. The number of alkyl halides is 3. The minimum Gasteiger partial charge on any atom is -0.472 e. The van der Waals surface area contributed by atoms with Crippen molar-refractivity contribution >= 4 is 18.4 Å². The van der Waals surface area contributed by atoms with Gasteiger partial charge in [0.15, 0.2) is 0 Å². The standard InChI is InChI=1S/C21H32BF3N2O3/c1-18(2,3)28-17-13-14(22-29-19(4,5)20(6,7)30-22)12-16(26-17)27-11-9-8-10-15(27)21(23,24)25/h12-13,15H,8-11H2,1-7H3/t15-/m1/s1. The molecule has 1 aromatic rings. The maximum atomic E-state index is 13.7. The van der Waals surface area contributed by atoms with Crippen LogP contribution < -0.4 is 15.1 Å². The van der Waals surface area contributed by atoms with Gasteiger partial charge >= 0.3 is 13.3 Å². The lowest BCUT2D eigenvalue weighted by Crippen LogP contribution is -2.49. The van der Waals surface area contributed by atoms with Crippen LogP contribution in [-0.4, -0.2) is 47.7 Å². The Bertz CT molecular complexity index is 762. The van der Waals surface area contributed by atoms with Crippen LogP contribution in [0.15, 0.2) is 12.1 Å². The summed E-state index contributed by atoms with van der Waals surface area (Å²) in [6.07, 6.45) is -3.04. The fourth-order valence-electron chi connectivity index (χ4n) is 3.69. The highest BCUT2D eigenvalue weighted by Crippen LogP contribution is 2.38. The smallest absolute Gasteiger partial charge is 0.472 e. The van der Waals surface area contributed by atoms with E-state index in [1.807, 2.05) is 48.5 Å². The lowest BCUT2D eigenvalue weighted by atomic mass is 9.79. The zero-order chi connectivity index (χ0) is 22.5. The summed E-state index contributed by atoms with van der Waals surface area (Å²) in [4.78, 5) is 5.78. The van der Waals surface area contributed by atoms with Gasteiger partial charge in [0.1, 0.15) is 17.5 Å². The van der Waals surface area contributed by atoms with Gasteiger partial charge in [-0.15, -0.1) is 0 Å². The molecule has 2 fully saturated rings. The maximum Gasteiger partial charge on any atom is 0.495 e. The van der Waals surface area contributed by atoms with Crippen LogP contribution in [0.5, 0.6) is 5.88 Å². The fourth-order valence-corrected chi connectivity index (χ4v) is 3.69. The molecule has 0 aromatic carbocycles. The molecule has 0 amide bonds. The minimum atomic E-state index is -4.33. The van der Waals surface area contributed by atoms with Crippen LogP contribution in [0.2, 0.25) is 0 Å². The third kappa shape index (κ3) is 4.88. The zero-order valence-corrected chi connectivity index (χ0v) is 18.9. The molecule has 3 rings (SSSR count). The monoisotopic (exact) mass is 428 g/mol. The highest BCUT2D eigenvalue weighted by atomic mass is 19.4. The predicted molar refractivity (Wildman–Crippen MR) is 111 cm³/mol. The number of hydrogen-bond acceptors (Lipinski definition) is 5. The van der Waals surface area contributed by atoms with Gasteiger partial charge in [-0.2, -0.15) is 18.2 Å². The van der Waals surface area contributed by atoms with E-state index in [4.69, 9.17) is 14.0 Å². The Labute approximate surface area is 177 Å². The van der Waals surface area contributed by atoms with Crippen molar-refractivity contribution in [1.29, 1.82) is 0 Å². The van der Waals surface area contributed by atoms with Gasteiger partial charge in [0, 0.05) is 12.6 Å². The van der Waals surface area contributed by atoms with Crippen molar-refractivity contribution in [1.82, 2.24) is 4.98 Å². The number of pyridine rings is 1. The second kappa shape index (κ2) is 7.59. The van der Waals surface area contributed by atoms with Crippen LogP contribution in [0.4, 0.5) is 19.0 Å². The average Bonchev–Trinajstić information content (AvgIpc) is 2.80. The molecular formula is C21H32BF3N2O3. The number of halogens is 3. The van der Waals surface area contributed by atoms with Crippen molar-refractivity contribution in [2.45, 2.75) is 96.7 Å². The number of aromatic nitrogens is 1. The first-order valence-electron chi connectivity index (χ1n) is 10.5. The highest BCUT2D eigenvalue weighted by Gasteiger charge is 2.52. The van der Waals surface area contributed by atoms with Crippen molar-refractivity contribution in [3.8, 4) is 5.88 Å². The van der Waals surface area contributed by atoms with Crippen LogP contribution in [0.25, 0.3) is 0 Å². The van der Waals surface area contributed by atoms with Crippen molar-refractivity contribution in [2.75, 3.05) is 11.4 Å². The first-order valence-corrected chi connectivity index (χ1v) is 10.5. The molecule has 0 spiro atoms. The van der Waals surface area contributed by atoms with Crippen LogP contribution in [0.1, 0.15) is 67.7 Å². The molecule has 2 aliphatic rings. The van der Waals surface area contributed by atoms with Crippen molar-refractivity contribution in [3.63, 3.8) is 0 Å². The van der Waals surface area contributed by atoms with E-state index >= 15 is 0 Å². The van der Waals surface area contributed by atoms with E-state index < -0.39 is 36.1 Å². The van der Waals surface area contributed by atoms with Crippen molar-refractivity contribution < 1.29 is 27.2 Å². The summed E-state index contributed by atoms with van der Waals surface area (Å²) < 4.78 is 59.3. The molecule has 2 aliphatic heterocycles. The molecule has 0 saturated carbocycles. The zero-order valence-electron chi connectivity index (χ0n) is 18.9. The SMILES string of the molecule is CC(C)(C)Oc1cc(B2OC(C)(C)C(C)(C)O2)cc(N2CCCC[C@@H]2C(F)(F)F)n1. The number of piperidine rings is 1. The molecule has 30 heavy (non-hydrogen) atoms. The lowest BCUT2D eigenvalue weighted by molar-refractivity contribution is -0.152. The van der Waals surface area contributed by atoms with Gasteiger partial charge in [-0.25, -0.2) is 0 Å². The van der Waals surface area contributed by atoms with Crippen LogP contribution in [-0.2, 0) is 9.31 Å². The molecule has 0 N–H and O–H groups in total. The molecule has 3 heterocycles. The lowest BCUT2D eigenvalue weighted by Gasteiger charge is -2.38. The topological polar surface area (TPSA) is 43.8 Å². The summed E-state index contributed by atoms with van der Waals surface area (Å²) in [5, 5.41) is 0. The largest absolute Gasteiger partial charge is 0.495 e. The first-order chi connectivity index (χ1) is 13.6. The number of ether oxygens (including phenoxy) is 1. The van der Waals surface area contributed by atoms with E-state index in [1.165, 1.54) is 4.90 Å². The third-order valence-corrected chi connectivity index (χ3v) is 5.92. The summed E-state index contributed by atoms with van der Waals surface area (Å²) in [6.45, 7) is 13.6. The number of nitrogens with zero attached hydrogens (tertiary/aromatic N) is 2. The molecule has 0 aliphatic carbocycles. The number of rotatable bonds is 3. The second-order valence-electron chi connectivity index (χ2n) is 10.1. The molecule has 168 valence electrons. The van der Waals surface area contributed by atoms with E-state index in [9.17, 15) is 13.2 Å². The molecular weight excluding hydrogens is 396 g/mol. The Kier molecular flexibility index (Phi) is 5.87. The third-order valence-electron chi connectivity index (χ3n) is 5.92. The van der Waals surface area contributed by atoms with E-state index in [1.54, 1.807) is 12.1 Å². The summed E-state index contributed by atoms with van der Waals surface area (Å²) in [5.41, 5.74) is -1.08. The molecule has 0 bridgehead atoms. The minimum absolute atomic E-state index is 0.0569. The molecule has 0 radical (unpaired) electrons. The summed E-state index contributed by atoms with van der Waals surface area (Å²) in [5.74, 6) is 0.500. The molecule has 2 saturated heterocycles. The van der Waals surface area contributed by atoms with Gasteiger partial charge < -0.3 is 18.9 Å². The highest BCUT2D eigenvalue weighted by molar-refractivity contribution is 6.62. The predicted octanol–water partition coefficient (Wildman–Crippen LogP) is 4.48. The van der Waals surface area contributed by atoms with E-state index in [0.717, 1.165) is 0 Å². The second-order valence-corrected chi connectivity index (χ2v) is 10.1. The molecule has 1 aromatic heterocycles. The molecule has 1 atom stereocenters. The Morgan fingerprint density at radius 1 is 1.07 bits per heavy atom. The average molecular weight is 428 g/mol. The molecule has 5 nitrogen and oxygen atoms in total. The fraction of sp³-hybridized carbons (Fsp3) is 0.762. The molecule has 0 unspecified atom stereocenters. The van der Waals surface area contributed by atoms with E-state index in [-0.39, 0.29) is 18.1 Å². The van der Waals surface area contributed by atoms with Gasteiger partial charge in [0.05, 0.1) is 11.2 Å². The van der Waals surface area contributed by atoms with Crippen LogP contribution in [0.3, 0.4) is 0 Å². The Morgan fingerprint density at radius 2 is 1.67 bits per heavy atom. The number of anilines is 1. The van der Waals surface area contributed by atoms with Gasteiger partial charge in [-0.3, -0.25) is 0 Å². The van der Waals surface area contributed by atoms with Crippen LogP contribution >= 0.6 is 0 Å². The first kappa shape index (κ1) is 23.2. The van der Waals surface area contributed by atoms with Crippen LogP contribution in [0, 0.1) is 0 Å². The Morgan fingerprint density at radius 3 is 2.20 bits per heavy atom. The van der Waals surface area contributed by atoms with E-state index in [0.29, 0.717) is 24.8 Å². The number of hydrogen-bond donors (Lipinski definition) is 0. The summed E-state index contributed by atoms with van der Waals surface area (Å²) in [7, 11) is -0.715. The van der Waals surface area contributed by atoms with Gasteiger partial charge in [-0.1, -0.05) is 0 Å². The maximum absolute atomic E-state index is 13.7. The van der Waals surface area contributed by atoms with E-state index in [2.05, 4.69) is 4.98 Å².